The van der Waals surface area contributed by atoms with Crippen LogP contribution in [-0.4, -0.2) is 48.4 Å². The summed E-state index contributed by atoms with van der Waals surface area (Å²) in [5.41, 5.74) is 1.42. The molecule has 1 saturated carbocycles. The zero-order valence-corrected chi connectivity index (χ0v) is 25.7. The van der Waals surface area contributed by atoms with Gasteiger partial charge in [0.05, 0.1) is 28.2 Å². The normalized spacial score (nSPS) is 17.6. The van der Waals surface area contributed by atoms with Crippen LogP contribution in [0.25, 0.3) is 11.2 Å². The van der Waals surface area contributed by atoms with Crippen LogP contribution in [0, 0.1) is 12.8 Å². The van der Waals surface area contributed by atoms with Gasteiger partial charge in [-0.2, -0.15) is 17.9 Å². The molecule has 1 saturated heterocycles. The molecule has 0 bridgehead atoms. The van der Waals surface area contributed by atoms with E-state index in [2.05, 4.69) is 10.00 Å². The molecule has 1 aromatic carbocycles. The van der Waals surface area contributed by atoms with Gasteiger partial charge in [0.2, 0.25) is 0 Å². The summed E-state index contributed by atoms with van der Waals surface area (Å²) in [6.07, 6.45) is 4.07. The summed E-state index contributed by atoms with van der Waals surface area (Å²) >= 11 is 0. The van der Waals surface area contributed by atoms with E-state index in [1.807, 2.05) is 45.9 Å². The van der Waals surface area contributed by atoms with E-state index in [0.717, 1.165) is 73.0 Å². The minimum Gasteiger partial charge on any atom is -0.442 e. The SMILES string of the molecule is Cc1c(C(c2cccc(-n3cc4c(C(F)(F)F)cc(CN5CCCCC5)cn4c3=O)c2)C2CCC2)[nH]n1C(=O)OC(C)(C)C. The molecule has 11 heteroatoms. The predicted octanol–water partition coefficient (Wildman–Crippen LogP) is 7.25. The molecule has 236 valence electrons. The van der Waals surface area contributed by atoms with Crippen LogP contribution in [0.5, 0.6) is 0 Å². The van der Waals surface area contributed by atoms with Gasteiger partial charge in [-0.3, -0.25) is 19.0 Å². The molecule has 8 nitrogen and oxygen atoms in total. The molecule has 2 aliphatic rings. The number of pyridine rings is 1. The minimum atomic E-state index is -4.61. The summed E-state index contributed by atoms with van der Waals surface area (Å²) in [6.45, 7) is 9.36. The Kier molecular flexibility index (Phi) is 7.80. The number of carbonyl (C=O) groups is 1. The van der Waals surface area contributed by atoms with Crippen molar-refractivity contribution in [2.75, 3.05) is 13.1 Å². The number of alkyl halides is 3. The summed E-state index contributed by atoms with van der Waals surface area (Å²) in [5.74, 6) is 0.277. The van der Waals surface area contributed by atoms with Crippen molar-refractivity contribution in [1.82, 2.24) is 23.6 Å². The Hall–Kier alpha value is -3.73. The van der Waals surface area contributed by atoms with Gasteiger partial charge in [-0.25, -0.2) is 9.59 Å². The Bertz CT molecular complexity index is 1730. The third-order valence-corrected chi connectivity index (χ3v) is 8.96. The van der Waals surface area contributed by atoms with Gasteiger partial charge in [0.25, 0.3) is 0 Å². The van der Waals surface area contributed by atoms with Crippen LogP contribution in [0.2, 0.25) is 0 Å². The summed E-state index contributed by atoms with van der Waals surface area (Å²) in [7, 11) is 0. The molecule has 2 fully saturated rings. The first-order chi connectivity index (χ1) is 20.8. The first-order valence-corrected chi connectivity index (χ1v) is 15.5. The molecule has 0 radical (unpaired) electrons. The van der Waals surface area contributed by atoms with E-state index < -0.39 is 29.1 Å². The number of benzene rings is 1. The Labute approximate surface area is 254 Å². The number of ether oxygens (including phenoxy) is 1. The average molecular weight is 612 g/mol. The Morgan fingerprint density at radius 2 is 1.77 bits per heavy atom. The quantitative estimate of drug-likeness (QED) is 0.249. The fourth-order valence-electron chi connectivity index (χ4n) is 6.57. The molecular formula is C33H40F3N5O3. The van der Waals surface area contributed by atoms with E-state index in [-0.39, 0.29) is 11.4 Å². The van der Waals surface area contributed by atoms with Gasteiger partial charge in [0.15, 0.2) is 0 Å². The minimum absolute atomic E-state index is 0.0583. The fourth-order valence-corrected chi connectivity index (χ4v) is 6.57. The van der Waals surface area contributed by atoms with E-state index in [1.54, 1.807) is 12.3 Å². The standard InChI is InChI=1S/C33H40F3N5O3/c1-21-29(37-41(21)31(43)44-32(2,3)4)28(23-10-8-11-23)24-12-9-13-25(17-24)39-20-27-26(33(34,35)36)16-22(19-40(27)30(39)42)18-38-14-6-5-7-15-38/h9,12-13,16-17,19-20,23,28,37H,5-8,10-11,14-15,18H2,1-4H3. The molecule has 1 unspecified atom stereocenters. The van der Waals surface area contributed by atoms with E-state index >= 15 is 0 Å². The van der Waals surface area contributed by atoms with E-state index in [1.165, 1.54) is 21.5 Å². The van der Waals surface area contributed by atoms with Gasteiger partial charge in [0.1, 0.15) is 5.60 Å². The second kappa shape index (κ2) is 11.3. The largest absolute Gasteiger partial charge is 0.442 e. The Balaban J connectivity index is 1.37. The number of halogens is 3. The number of hydrogen-bond donors (Lipinski definition) is 1. The van der Waals surface area contributed by atoms with E-state index in [0.29, 0.717) is 23.7 Å². The number of aromatic nitrogens is 4. The lowest BCUT2D eigenvalue weighted by molar-refractivity contribution is -0.136. The highest BCUT2D eigenvalue weighted by molar-refractivity contribution is 5.72. The molecule has 0 amide bonds. The number of H-pyrrole nitrogens is 1. The van der Waals surface area contributed by atoms with Gasteiger partial charge in [-0.1, -0.05) is 25.0 Å². The number of aromatic amines is 1. The summed E-state index contributed by atoms with van der Waals surface area (Å²) < 4.78 is 52.2. The van der Waals surface area contributed by atoms with Gasteiger partial charge in [-0.05, 0) is 102 Å². The maximum Gasteiger partial charge on any atom is 0.433 e. The van der Waals surface area contributed by atoms with Crippen LogP contribution in [0.4, 0.5) is 18.0 Å². The number of likely N-dealkylation sites (tertiary alicyclic amines) is 1. The van der Waals surface area contributed by atoms with Crippen molar-refractivity contribution >= 4 is 11.6 Å². The molecule has 0 spiro atoms. The number of imidazole rings is 1. The second-order valence-electron chi connectivity index (χ2n) is 13.3. The molecule has 1 aliphatic carbocycles. The van der Waals surface area contributed by atoms with Crippen LogP contribution in [0.3, 0.4) is 0 Å². The topological polar surface area (TPSA) is 76.7 Å². The number of carbonyl (C=O) groups excluding carboxylic acids is 1. The van der Waals surface area contributed by atoms with E-state index in [9.17, 15) is 22.8 Å². The highest BCUT2D eigenvalue weighted by Gasteiger charge is 2.37. The van der Waals surface area contributed by atoms with Crippen molar-refractivity contribution in [2.24, 2.45) is 5.92 Å². The molecule has 4 aromatic rings. The van der Waals surface area contributed by atoms with Crippen LogP contribution in [0.1, 0.15) is 93.3 Å². The summed E-state index contributed by atoms with van der Waals surface area (Å²) in [6, 6.07) is 8.61. The third-order valence-electron chi connectivity index (χ3n) is 8.96. The van der Waals surface area contributed by atoms with Crippen molar-refractivity contribution < 1.29 is 22.7 Å². The number of rotatable bonds is 6. The zero-order chi connectivity index (χ0) is 31.4. The maximum atomic E-state index is 14.3. The average Bonchev–Trinajstić information content (AvgIpc) is 3.25. The fraction of sp³-hybridized carbons (Fsp3) is 0.515. The number of nitrogens with one attached hydrogen (secondary N) is 1. The monoisotopic (exact) mass is 611 g/mol. The molecule has 1 aliphatic heterocycles. The van der Waals surface area contributed by atoms with Gasteiger partial charge in [0, 0.05) is 24.9 Å². The molecule has 1 N–H and O–H groups in total. The van der Waals surface area contributed by atoms with Crippen molar-refractivity contribution in [3.05, 3.63) is 81.3 Å². The van der Waals surface area contributed by atoms with E-state index in [4.69, 9.17) is 4.74 Å². The number of piperidine rings is 1. The van der Waals surface area contributed by atoms with Crippen molar-refractivity contribution in [1.29, 1.82) is 0 Å². The second-order valence-corrected chi connectivity index (χ2v) is 13.3. The van der Waals surface area contributed by atoms with Crippen molar-refractivity contribution in [2.45, 2.75) is 90.5 Å². The summed E-state index contributed by atoms with van der Waals surface area (Å²) in [5, 5.41) is 3.19. The van der Waals surface area contributed by atoms with Crippen molar-refractivity contribution in [3.8, 4) is 5.69 Å². The lowest BCUT2D eigenvalue weighted by Crippen LogP contribution is -2.35. The number of fused-ring (bicyclic) bond motifs is 1. The van der Waals surface area contributed by atoms with Crippen LogP contribution >= 0.6 is 0 Å². The predicted molar refractivity (Wildman–Crippen MR) is 161 cm³/mol. The Morgan fingerprint density at radius 1 is 1.05 bits per heavy atom. The molecule has 44 heavy (non-hydrogen) atoms. The first kappa shape index (κ1) is 30.3. The molecule has 6 rings (SSSR count). The summed E-state index contributed by atoms with van der Waals surface area (Å²) in [4.78, 5) is 28.5. The maximum absolute atomic E-state index is 14.3. The van der Waals surface area contributed by atoms with Gasteiger partial charge >= 0.3 is 18.0 Å². The lowest BCUT2D eigenvalue weighted by Gasteiger charge is -2.37. The van der Waals surface area contributed by atoms with Crippen molar-refractivity contribution in [3.63, 3.8) is 0 Å². The molecule has 1 atom stereocenters. The smallest absolute Gasteiger partial charge is 0.433 e. The van der Waals surface area contributed by atoms with Crippen LogP contribution in [-0.2, 0) is 17.5 Å². The highest BCUT2D eigenvalue weighted by atomic mass is 19.4. The molecule has 4 heterocycles. The van der Waals surface area contributed by atoms with Gasteiger partial charge < -0.3 is 4.74 Å². The first-order valence-electron chi connectivity index (χ1n) is 15.5. The number of nitrogens with zero attached hydrogens (tertiary/aromatic N) is 4. The number of hydrogen-bond acceptors (Lipinski definition) is 4. The van der Waals surface area contributed by atoms with Crippen LogP contribution < -0.4 is 5.69 Å². The molecule has 3 aromatic heterocycles. The molecular weight excluding hydrogens is 571 g/mol. The van der Waals surface area contributed by atoms with Crippen LogP contribution in [0.15, 0.2) is 47.5 Å². The van der Waals surface area contributed by atoms with Gasteiger partial charge in [-0.15, -0.1) is 0 Å². The Morgan fingerprint density at radius 3 is 2.39 bits per heavy atom. The third kappa shape index (κ3) is 5.86. The zero-order valence-electron chi connectivity index (χ0n) is 25.7. The lowest BCUT2D eigenvalue weighted by atomic mass is 9.71. The highest BCUT2D eigenvalue weighted by Crippen LogP contribution is 2.44.